The van der Waals surface area contributed by atoms with Gasteiger partial charge in [-0.3, -0.25) is 14.4 Å². The molecule has 2 N–H and O–H groups in total. The Balaban J connectivity index is 2.79. The predicted molar refractivity (Wildman–Crippen MR) is 51.1 cm³/mol. The average Bonchev–Trinajstić information content (AvgIpc) is 2.66. The number of carbonyl (C=O) groups is 3. The van der Waals surface area contributed by atoms with Crippen molar-refractivity contribution in [3.8, 4) is 0 Å². The summed E-state index contributed by atoms with van der Waals surface area (Å²) in [5.41, 5.74) is 0. The van der Waals surface area contributed by atoms with Gasteiger partial charge in [0.25, 0.3) is 5.91 Å². The molecular formula is C7H7N3O5S. The molecule has 86 valence electrons. The Kier molecular flexibility index (Phi) is 3.89. The van der Waals surface area contributed by atoms with Crippen LogP contribution < -0.4 is 0 Å². The molecule has 0 bridgehead atoms. The summed E-state index contributed by atoms with van der Waals surface area (Å²) in [5, 5.41) is 20.5. The molecule has 1 rings (SSSR count). The summed E-state index contributed by atoms with van der Waals surface area (Å²) in [5.74, 6) is -3.28. The maximum Gasteiger partial charge on any atom is 0.323 e. The van der Waals surface area contributed by atoms with Gasteiger partial charge < -0.3 is 15.1 Å². The number of carboxylic acid groups (broad SMARTS) is 2. The molecule has 1 aromatic heterocycles. The van der Waals surface area contributed by atoms with Crippen LogP contribution in [0.3, 0.4) is 0 Å². The Labute approximate surface area is 93.3 Å². The van der Waals surface area contributed by atoms with E-state index < -0.39 is 30.9 Å². The fraction of sp³-hybridized carbons (Fsp3) is 0.286. The molecule has 0 radical (unpaired) electrons. The SMILES string of the molecule is O=C(O)CN(CC(=O)O)C(=O)c1cnns1. The number of carboxylic acids is 2. The second kappa shape index (κ2) is 5.16. The van der Waals surface area contributed by atoms with Crippen LogP contribution in [-0.4, -0.2) is 55.6 Å². The molecule has 16 heavy (non-hydrogen) atoms. The molecule has 9 heteroatoms. The number of aromatic nitrogens is 2. The van der Waals surface area contributed by atoms with Crippen LogP contribution in [0.25, 0.3) is 0 Å². The zero-order valence-corrected chi connectivity index (χ0v) is 8.68. The summed E-state index contributed by atoms with van der Waals surface area (Å²) in [6.45, 7) is -1.36. The second-order valence-corrected chi connectivity index (χ2v) is 3.52. The van der Waals surface area contributed by atoms with Gasteiger partial charge in [-0.1, -0.05) is 4.49 Å². The van der Waals surface area contributed by atoms with Gasteiger partial charge in [0.15, 0.2) is 0 Å². The predicted octanol–water partition coefficient (Wildman–Crippen LogP) is -0.851. The first-order chi connectivity index (χ1) is 7.50. The fourth-order valence-corrected chi connectivity index (χ4v) is 1.43. The number of aliphatic carboxylic acids is 2. The van der Waals surface area contributed by atoms with E-state index in [1.165, 1.54) is 0 Å². The zero-order chi connectivity index (χ0) is 12.1. The van der Waals surface area contributed by atoms with Crippen molar-refractivity contribution in [3.63, 3.8) is 0 Å². The van der Waals surface area contributed by atoms with E-state index in [1.54, 1.807) is 0 Å². The normalized spacial score (nSPS) is 9.75. The third-order valence-electron chi connectivity index (χ3n) is 1.51. The quantitative estimate of drug-likeness (QED) is 0.692. The highest BCUT2D eigenvalue weighted by atomic mass is 32.1. The Morgan fingerprint density at radius 1 is 1.25 bits per heavy atom. The summed E-state index contributed by atoms with van der Waals surface area (Å²) < 4.78 is 3.43. The third kappa shape index (κ3) is 3.28. The second-order valence-electron chi connectivity index (χ2n) is 2.73. The highest BCUT2D eigenvalue weighted by Gasteiger charge is 2.22. The number of rotatable bonds is 5. The van der Waals surface area contributed by atoms with Gasteiger partial charge in [0.2, 0.25) is 0 Å². The minimum absolute atomic E-state index is 0.0995. The molecule has 8 nitrogen and oxygen atoms in total. The minimum atomic E-state index is -1.29. The molecule has 0 atom stereocenters. The molecule has 0 aliphatic rings. The van der Waals surface area contributed by atoms with E-state index in [0.29, 0.717) is 4.90 Å². The fourth-order valence-electron chi connectivity index (χ4n) is 0.943. The number of hydrogen-bond acceptors (Lipinski definition) is 6. The van der Waals surface area contributed by atoms with Crippen molar-refractivity contribution in [3.05, 3.63) is 11.1 Å². The van der Waals surface area contributed by atoms with Crippen LogP contribution in [0.5, 0.6) is 0 Å². The van der Waals surface area contributed by atoms with E-state index in [9.17, 15) is 14.4 Å². The highest BCUT2D eigenvalue weighted by Crippen LogP contribution is 2.07. The standard InChI is InChI=1S/C7H7N3O5S/c11-5(12)2-10(3-6(13)14)7(15)4-1-8-9-16-4/h1H,2-3H2,(H,11,12)(H,13,14). The molecule has 0 unspecified atom stereocenters. The van der Waals surface area contributed by atoms with Crippen molar-refractivity contribution < 1.29 is 24.6 Å². The molecule has 0 aromatic carbocycles. The van der Waals surface area contributed by atoms with E-state index in [1.807, 2.05) is 0 Å². The maximum absolute atomic E-state index is 11.6. The first-order valence-electron chi connectivity index (χ1n) is 4.01. The van der Waals surface area contributed by atoms with E-state index in [4.69, 9.17) is 10.2 Å². The summed E-state index contributed by atoms with van der Waals surface area (Å²) in [4.78, 5) is 33.3. The molecule has 0 saturated heterocycles. The average molecular weight is 245 g/mol. The molecule has 0 fully saturated rings. The first-order valence-corrected chi connectivity index (χ1v) is 4.78. The molecule has 1 amide bonds. The van der Waals surface area contributed by atoms with Gasteiger partial charge in [-0.15, -0.1) is 5.10 Å². The first kappa shape index (κ1) is 12.0. The van der Waals surface area contributed by atoms with Gasteiger partial charge in [0.05, 0.1) is 6.20 Å². The van der Waals surface area contributed by atoms with E-state index in [-0.39, 0.29) is 4.88 Å². The van der Waals surface area contributed by atoms with E-state index in [2.05, 4.69) is 9.59 Å². The molecule has 1 heterocycles. The van der Waals surface area contributed by atoms with Gasteiger partial charge in [-0.05, 0) is 11.5 Å². The van der Waals surface area contributed by atoms with Crippen molar-refractivity contribution in [1.82, 2.24) is 14.5 Å². The Morgan fingerprint density at radius 2 is 1.81 bits per heavy atom. The van der Waals surface area contributed by atoms with Gasteiger partial charge in [0, 0.05) is 0 Å². The van der Waals surface area contributed by atoms with Crippen molar-refractivity contribution in [2.75, 3.05) is 13.1 Å². The molecule has 0 aliphatic carbocycles. The number of hydrogen-bond donors (Lipinski definition) is 2. The third-order valence-corrected chi connectivity index (χ3v) is 2.16. The lowest BCUT2D eigenvalue weighted by atomic mass is 10.4. The van der Waals surface area contributed by atoms with E-state index >= 15 is 0 Å². The van der Waals surface area contributed by atoms with Crippen molar-refractivity contribution in [2.45, 2.75) is 0 Å². The van der Waals surface area contributed by atoms with Crippen molar-refractivity contribution in [2.24, 2.45) is 0 Å². The molecule has 0 saturated carbocycles. The molecular weight excluding hydrogens is 238 g/mol. The Morgan fingerprint density at radius 3 is 2.19 bits per heavy atom. The highest BCUT2D eigenvalue weighted by molar-refractivity contribution is 7.07. The lowest BCUT2D eigenvalue weighted by molar-refractivity contribution is -0.140. The van der Waals surface area contributed by atoms with Crippen LogP contribution in [0.4, 0.5) is 0 Å². The van der Waals surface area contributed by atoms with Gasteiger partial charge >= 0.3 is 11.9 Å². The zero-order valence-electron chi connectivity index (χ0n) is 7.86. The van der Waals surface area contributed by atoms with Gasteiger partial charge in [0.1, 0.15) is 18.0 Å². The summed E-state index contributed by atoms with van der Waals surface area (Å²) in [7, 11) is 0. The lowest BCUT2D eigenvalue weighted by Gasteiger charge is -2.16. The number of nitrogens with zero attached hydrogens (tertiary/aromatic N) is 3. The Hall–Kier alpha value is -2.03. The largest absolute Gasteiger partial charge is 0.480 e. The summed E-state index contributed by atoms with van der Waals surface area (Å²) in [6.07, 6.45) is 1.16. The molecule has 0 aliphatic heterocycles. The Bertz CT molecular complexity index is 388. The monoisotopic (exact) mass is 245 g/mol. The van der Waals surface area contributed by atoms with Gasteiger partial charge in [-0.25, -0.2) is 0 Å². The van der Waals surface area contributed by atoms with Crippen LogP contribution >= 0.6 is 11.5 Å². The van der Waals surface area contributed by atoms with Crippen molar-refractivity contribution >= 4 is 29.4 Å². The van der Waals surface area contributed by atoms with Crippen LogP contribution in [0, 0.1) is 0 Å². The lowest BCUT2D eigenvalue weighted by Crippen LogP contribution is -2.39. The topological polar surface area (TPSA) is 121 Å². The van der Waals surface area contributed by atoms with E-state index in [0.717, 1.165) is 17.7 Å². The number of carbonyl (C=O) groups excluding carboxylic acids is 1. The maximum atomic E-state index is 11.6. The van der Waals surface area contributed by atoms with Crippen LogP contribution in [0.1, 0.15) is 9.67 Å². The molecule has 0 spiro atoms. The summed E-state index contributed by atoms with van der Waals surface area (Å²) >= 11 is 0.775. The molecule has 1 aromatic rings. The summed E-state index contributed by atoms with van der Waals surface area (Å²) in [6, 6.07) is 0. The van der Waals surface area contributed by atoms with Crippen LogP contribution in [0.15, 0.2) is 6.20 Å². The van der Waals surface area contributed by atoms with Crippen LogP contribution in [-0.2, 0) is 9.59 Å². The van der Waals surface area contributed by atoms with Crippen molar-refractivity contribution in [1.29, 1.82) is 0 Å². The number of amides is 1. The minimum Gasteiger partial charge on any atom is -0.480 e. The van der Waals surface area contributed by atoms with Gasteiger partial charge in [-0.2, -0.15) is 0 Å². The smallest absolute Gasteiger partial charge is 0.323 e. The van der Waals surface area contributed by atoms with Crippen LogP contribution in [0.2, 0.25) is 0 Å².